The van der Waals surface area contributed by atoms with Gasteiger partial charge in [-0.1, -0.05) is 63.7 Å². The molecule has 4 rings (SSSR count). The van der Waals surface area contributed by atoms with Crippen molar-refractivity contribution in [2.45, 2.75) is 26.4 Å². The Morgan fingerprint density at radius 3 is 2.60 bits per heavy atom. The van der Waals surface area contributed by atoms with Crippen LogP contribution in [0.4, 0.5) is 0 Å². The Bertz CT molecular complexity index is 1510. The normalized spacial score (nSPS) is 11.5. The van der Waals surface area contributed by atoms with Crippen LogP contribution in [-0.4, -0.2) is 15.9 Å². The third kappa shape index (κ3) is 6.09. The van der Waals surface area contributed by atoms with Crippen LogP contribution in [0.25, 0.3) is 10.9 Å². The molecule has 180 valence electrons. The fourth-order valence-electron chi connectivity index (χ4n) is 3.43. The highest BCUT2D eigenvalue weighted by Crippen LogP contribution is 2.33. The average molecular weight is 659 g/mol. The highest BCUT2D eigenvalue weighted by atomic mass is 79.9. The maximum Gasteiger partial charge on any atom is 0.282 e. The third-order valence-electron chi connectivity index (χ3n) is 5.07. The van der Waals surface area contributed by atoms with E-state index in [0.29, 0.717) is 54.0 Å². The quantitative estimate of drug-likeness (QED) is 0.188. The zero-order chi connectivity index (χ0) is 25.1. The van der Waals surface area contributed by atoms with Gasteiger partial charge in [0.15, 0.2) is 0 Å². The van der Waals surface area contributed by atoms with Crippen molar-refractivity contribution in [3.8, 4) is 5.75 Å². The molecule has 0 aliphatic heterocycles. The van der Waals surface area contributed by atoms with Crippen LogP contribution in [0.3, 0.4) is 0 Å². The second-order valence-electron chi connectivity index (χ2n) is 7.64. The lowest BCUT2D eigenvalue weighted by atomic mass is 10.2. The first-order valence-electron chi connectivity index (χ1n) is 10.6. The molecule has 1 aromatic heterocycles. The van der Waals surface area contributed by atoms with Crippen LogP contribution in [0.2, 0.25) is 15.1 Å². The van der Waals surface area contributed by atoms with Crippen molar-refractivity contribution >= 4 is 83.8 Å². The van der Waals surface area contributed by atoms with Crippen molar-refractivity contribution in [3.63, 3.8) is 0 Å². The monoisotopic (exact) mass is 655 g/mol. The highest BCUT2D eigenvalue weighted by molar-refractivity contribution is 9.10. The number of hydrogen-bond donors (Lipinski definition) is 0. The number of benzene rings is 3. The zero-order valence-electron chi connectivity index (χ0n) is 18.4. The fourth-order valence-corrected chi connectivity index (χ4v) is 5.06. The molecule has 0 N–H and O–H groups in total. The Morgan fingerprint density at radius 1 is 1.06 bits per heavy atom. The number of aryl methyl sites for hydroxylation is 1. The lowest BCUT2D eigenvalue weighted by Gasteiger charge is -2.13. The van der Waals surface area contributed by atoms with Gasteiger partial charge in [0.25, 0.3) is 5.56 Å². The molecule has 0 aliphatic carbocycles. The largest absolute Gasteiger partial charge is 0.487 e. The zero-order valence-corrected chi connectivity index (χ0v) is 23.8. The topological polar surface area (TPSA) is 56.5 Å². The molecular formula is C25H18Br2Cl3N3O2. The minimum atomic E-state index is -0.254. The van der Waals surface area contributed by atoms with E-state index in [1.165, 1.54) is 4.68 Å². The van der Waals surface area contributed by atoms with E-state index in [2.05, 4.69) is 41.9 Å². The second-order valence-corrected chi connectivity index (χ2v) is 10.7. The summed E-state index contributed by atoms with van der Waals surface area (Å²) in [6.45, 7) is 2.26. The smallest absolute Gasteiger partial charge is 0.282 e. The molecule has 0 atom stereocenters. The van der Waals surface area contributed by atoms with E-state index in [1.807, 2.05) is 25.1 Å². The Kier molecular flexibility index (Phi) is 8.55. The molecule has 4 aromatic rings. The van der Waals surface area contributed by atoms with E-state index in [4.69, 9.17) is 39.5 Å². The number of nitrogens with zero attached hydrogens (tertiary/aromatic N) is 3. The molecule has 0 spiro atoms. The summed E-state index contributed by atoms with van der Waals surface area (Å²) < 4.78 is 8.85. The third-order valence-corrected chi connectivity index (χ3v) is 7.11. The summed E-state index contributed by atoms with van der Waals surface area (Å²) in [4.78, 5) is 18.0. The number of ether oxygens (including phenoxy) is 1. The van der Waals surface area contributed by atoms with Crippen molar-refractivity contribution in [1.82, 2.24) is 9.66 Å². The Balaban J connectivity index is 1.74. The van der Waals surface area contributed by atoms with Gasteiger partial charge in [-0.05, 0) is 70.4 Å². The van der Waals surface area contributed by atoms with Gasteiger partial charge in [0.05, 0.1) is 31.6 Å². The lowest BCUT2D eigenvalue weighted by molar-refractivity contribution is 0.304. The van der Waals surface area contributed by atoms with Gasteiger partial charge in [-0.25, -0.2) is 4.98 Å². The number of fused-ring (bicyclic) bond motifs is 1. The van der Waals surface area contributed by atoms with Gasteiger partial charge in [-0.3, -0.25) is 4.79 Å². The Morgan fingerprint density at radius 2 is 1.86 bits per heavy atom. The standard InChI is InChI=1S/C25H18Br2Cl3N3O2/c1-2-3-23-32-22-7-5-16(26)10-18(22)25(34)33(23)31-12-15-9-17(28)11-19(27)24(15)35-13-14-4-6-20(29)21(30)8-14/h4-12H,2-3,13H2,1H3. The molecule has 0 saturated carbocycles. The van der Waals surface area contributed by atoms with Crippen molar-refractivity contribution in [1.29, 1.82) is 0 Å². The molecule has 0 bridgehead atoms. The van der Waals surface area contributed by atoms with Crippen LogP contribution in [0, 0.1) is 0 Å². The first kappa shape index (κ1) is 26.2. The minimum Gasteiger partial charge on any atom is -0.487 e. The summed E-state index contributed by atoms with van der Waals surface area (Å²) in [5, 5.41) is 6.38. The molecule has 1 heterocycles. The first-order valence-corrected chi connectivity index (χ1v) is 13.3. The Hall–Kier alpha value is -1.90. The van der Waals surface area contributed by atoms with Crippen LogP contribution in [0.5, 0.6) is 5.75 Å². The van der Waals surface area contributed by atoms with Gasteiger partial charge in [-0.2, -0.15) is 9.78 Å². The molecular weight excluding hydrogens is 640 g/mol. The summed E-state index contributed by atoms with van der Waals surface area (Å²) in [6.07, 6.45) is 2.95. The van der Waals surface area contributed by atoms with E-state index < -0.39 is 0 Å². The van der Waals surface area contributed by atoms with E-state index in [0.717, 1.165) is 16.5 Å². The van der Waals surface area contributed by atoms with Crippen LogP contribution in [0.15, 0.2) is 67.4 Å². The molecule has 10 heteroatoms. The number of rotatable bonds is 7. The molecule has 0 radical (unpaired) electrons. The SMILES string of the molecule is CCCc1nc2ccc(Br)cc2c(=O)n1N=Cc1cc(Cl)cc(Br)c1OCc1ccc(Cl)c(Cl)c1. The van der Waals surface area contributed by atoms with Gasteiger partial charge < -0.3 is 4.74 Å². The molecule has 0 fully saturated rings. The number of halogens is 5. The summed E-state index contributed by atoms with van der Waals surface area (Å²) in [5.41, 5.74) is 1.81. The summed E-state index contributed by atoms with van der Waals surface area (Å²) in [5.74, 6) is 1.09. The molecule has 35 heavy (non-hydrogen) atoms. The van der Waals surface area contributed by atoms with E-state index in [-0.39, 0.29) is 12.2 Å². The maximum absolute atomic E-state index is 13.3. The lowest BCUT2D eigenvalue weighted by Crippen LogP contribution is -2.22. The summed E-state index contributed by atoms with van der Waals surface area (Å²) >= 11 is 25.4. The van der Waals surface area contributed by atoms with Gasteiger partial charge in [-0.15, -0.1) is 0 Å². The molecule has 0 amide bonds. The van der Waals surface area contributed by atoms with Gasteiger partial charge >= 0.3 is 0 Å². The fraction of sp³-hybridized carbons (Fsp3) is 0.160. The number of hydrogen-bond acceptors (Lipinski definition) is 4. The number of aromatic nitrogens is 2. The molecule has 5 nitrogen and oxygen atoms in total. The molecule has 3 aromatic carbocycles. The van der Waals surface area contributed by atoms with Gasteiger partial charge in [0.1, 0.15) is 18.2 Å². The van der Waals surface area contributed by atoms with Gasteiger partial charge in [0.2, 0.25) is 0 Å². The average Bonchev–Trinajstić information content (AvgIpc) is 2.81. The predicted octanol–water partition coefficient (Wildman–Crippen LogP) is 8.30. The van der Waals surface area contributed by atoms with Crippen molar-refractivity contribution in [3.05, 3.63) is 99.8 Å². The summed E-state index contributed by atoms with van der Waals surface area (Å²) in [7, 11) is 0. The van der Waals surface area contributed by atoms with E-state index in [9.17, 15) is 4.79 Å². The van der Waals surface area contributed by atoms with E-state index in [1.54, 1.807) is 36.5 Å². The summed E-state index contributed by atoms with van der Waals surface area (Å²) in [6, 6.07) is 14.2. The molecule has 0 saturated heterocycles. The van der Waals surface area contributed by atoms with Crippen molar-refractivity contribution in [2.75, 3.05) is 0 Å². The minimum absolute atomic E-state index is 0.241. The van der Waals surface area contributed by atoms with Crippen LogP contribution >= 0.6 is 66.7 Å². The van der Waals surface area contributed by atoms with Gasteiger partial charge in [0, 0.05) is 21.5 Å². The van der Waals surface area contributed by atoms with E-state index >= 15 is 0 Å². The predicted molar refractivity (Wildman–Crippen MR) is 151 cm³/mol. The van der Waals surface area contributed by atoms with Crippen LogP contribution < -0.4 is 10.3 Å². The van der Waals surface area contributed by atoms with Crippen molar-refractivity contribution < 1.29 is 4.74 Å². The van der Waals surface area contributed by atoms with Crippen LogP contribution in [0.1, 0.15) is 30.3 Å². The van der Waals surface area contributed by atoms with Crippen molar-refractivity contribution in [2.24, 2.45) is 5.10 Å². The van der Waals surface area contributed by atoms with Crippen LogP contribution in [-0.2, 0) is 13.0 Å². The second kappa shape index (κ2) is 11.4. The maximum atomic E-state index is 13.3. The highest BCUT2D eigenvalue weighted by Gasteiger charge is 2.13. The molecule has 0 aliphatic rings. The first-order chi connectivity index (χ1) is 16.8. The Labute approximate surface area is 233 Å². The molecule has 0 unspecified atom stereocenters.